The summed E-state index contributed by atoms with van der Waals surface area (Å²) in [5.41, 5.74) is 1.24. The highest BCUT2D eigenvalue weighted by Gasteiger charge is 2.31. The summed E-state index contributed by atoms with van der Waals surface area (Å²) in [6, 6.07) is 1.68. The third-order valence-electron chi connectivity index (χ3n) is 2.02. The zero-order valence-electron chi connectivity index (χ0n) is 9.34. The first-order chi connectivity index (χ1) is 7.97. The third kappa shape index (κ3) is 4.10. The van der Waals surface area contributed by atoms with E-state index in [0.29, 0.717) is 6.61 Å². The molecule has 0 aliphatic carbocycles. The van der Waals surface area contributed by atoms with E-state index in [1.807, 2.05) is 6.92 Å². The number of hydrogen-bond acceptors (Lipinski definition) is 4. The Kier molecular flexibility index (Phi) is 4.56. The van der Waals surface area contributed by atoms with Crippen molar-refractivity contribution in [2.75, 3.05) is 12.0 Å². The largest absolute Gasteiger partial charge is 0.478 e. The Bertz CT molecular complexity index is 368. The Balaban J connectivity index is 2.89. The number of hydrazine groups is 1. The van der Waals surface area contributed by atoms with Gasteiger partial charge in [-0.1, -0.05) is 13.3 Å². The van der Waals surface area contributed by atoms with Gasteiger partial charge >= 0.3 is 6.18 Å². The van der Waals surface area contributed by atoms with Gasteiger partial charge in [0.15, 0.2) is 0 Å². The van der Waals surface area contributed by atoms with Gasteiger partial charge in [0.1, 0.15) is 5.82 Å². The lowest BCUT2D eigenvalue weighted by atomic mass is 10.2. The molecule has 0 unspecified atom stereocenters. The standard InChI is InChI=1S/C10H14F3N3O/c1-2-3-4-17-9-6-7(10(11,12)13)5-8(15-9)16-14/h5-6H,2-4,14H2,1H3,(H,15,16). The number of nitrogens with two attached hydrogens (primary N) is 1. The summed E-state index contributed by atoms with van der Waals surface area (Å²) >= 11 is 0. The minimum absolute atomic E-state index is 0.0775. The van der Waals surface area contributed by atoms with Gasteiger partial charge in [0.25, 0.3) is 0 Å². The molecule has 1 aromatic rings. The molecule has 0 bridgehead atoms. The monoisotopic (exact) mass is 249 g/mol. The van der Waals surface area contributed by atoms with Gasteiger partial charge in [-0.15, -0.1) is 0 Å². The van der Waals surface area contributed by atoms with Crippen LogP contribution in [-0.4, -0.2) is 11.6 Å². The van der Waals surface area contributed by atoms with Crippen LogP contribution in [0, 0.1) is 0 Å². The van der Waals surface area contributed by atoms with Crippen LogP contribution in [-0.2, 0) is 6.18 Å². The molecule has 1 heterocycles. The average Bonchev–Trinajstić information content (AvgIpc) is 2.28. The zero-order chi connectivity index (χ0) is 12.9. The molecule has 1 aromatic heterocycles. The second kappa shape index (κ2) is 5.72. The van der Waals surface area contributed by atoms with E-state index in [9.17, 15) is 13.2 Å². The maximum absolute atomic E-state index is 12.5. The summed E-state index contributed by atoms with van der Waals surface area (Å²) in [7, 11) is 0. The number of nitrogens with one attached hydrogen (secondary N) is 1. The molecule has 0 saturated heterocycles. The molecule has 0 aromatic carbocycles. The van der Waals surface area contributed by atoms with Gasteiger partial charge in [-0.05, 0) is 12.5 Å². The summed E-state index contributed by atoms with van der Waals surface area (Å²) in [5, 5.41) is 0. The van der Waals surface area contributed by atoms with E-state index in [0.717, 1.165) is 25.0 Å². The number of ether oxygens (including phenoxy) is 1. The number of alkyl halides is 3. The van der Waals surface area contributed by atoms with E-state index in [1.54, 1.807) is 0 Å². The van der Waals surface area contributed by atoms with E-state index in [-0.39, 0.29) is 11.7 Å². The van der Waals surface area contributed by atoms with Gasteiger partial charge in [-0.3, -0.25) is 0 Å². The third-order valence-corrected chi connectivity index (χ3v) is 2.02. The van der Waals surface area contributed by atoms with Crippen LogP contribution in [0.2, 0.25) is 0 Å². The summed E-state index contributed by atoms with van der Waals surface area (Å²) in [4.78, 5) is 3.78. The molecule has 7 heteroatoms. The number of rotatable bonds is 5. The predicted octanol–water partition coefficient (Wildman–Crippen LogP) is 2.56. The topological polar surface area (TPSA) is 60.2 Å². The van der Waals surface area contributed by atoms with Gasteiger partial charge in [0, 0.05) is 6.07 Å². The second-order valence-electron chi connectivity index (χ2n) is 3.42. The van der Waals surface area contributed by atoms with Crippen molar-refractivity contribution in [1.82, 2.24) is 4.98 Å². The summed E-state index contributed by atoms with van der Waals surface area (Å²) in [6.45, 7) is 2.28. The molecule has 3 N–H and O–H groups in total. The molecule has 0 spiro atoms. The van der Waals surface area contributed by atoms with E-state index in [4.69, 9.17) is 10.6 Å². The molecule has 96 valence electrons. The number of pyridine rings is 1. The number of nitrogen functional groups attached to an aromatic ring is 1. The second-order valence-corrected chi connectivity index (χ2v) is 3.42. The van der Waals surface area contributed by atoms with E-state index < -0.39 is 11.7 Å². The molecular formula is C10H14F3N3O. The Morgan fingerprint density at radius 1 is 1.41 bits per heavy atom. The smallest absolute Gasteiger partial charge is 0.416 e. The maximum atomic E-state index is 12.5. The highest BCUT2D eigenvalue weighted by atomic mass is 19.4. The van der Waals surface area contributed by atoms with Crippen molar-refractivity contribution in [3.8, 4) is 5.88 Å². The quantitative estimate of drug-likeness (QED) is 0.478. The molecular weight excluding hydrogens is 235 g/mol. The first-order valence-corrected chi connectivity index (χ1v) is 5.16. The lowest BCUT2D eigenvalue weighted by Crippen LogP contribution is -2.13. The highest BCUT2D eigenvalue weighted by Crippen LogP contribution is 2.32. The molecule has 0 aliphatic rings. The summed E-state index contributed by atoms with van der Waals surface area (Å²) in [5.74, 6) is 4.89. The van der Waals surface area contributed by atoms with Crippen molar-refractivity contribution in [3.63, 3.8) is 0 Å². The summed E-state index contributed by atoms with van der Waals surface area (Å²) < 4.78 is 42.7. The molecule has 1 rings (SSSR count). The van der Waals surface area contributed by atoms with Gasteiger partial charge in [0.05, 0.1) is 12.2 Å². The van der Waals surface area contributed by atoms with Gasteiger partial charge in [-0.2, -0.15) is 18.2 Å². The Labute approximate surface area is 96.9 Å². The molecule has 17 heavy (non-hydrogen) atoms. The normalized spacial score (nSPS) is 11.4. The van der Waals surface area contributed by atoms with Gasteiger partial charge < -0.3 is 10.2 Å². The van der Waals surface area contributed by atoms with Gasteiger partial charge in [0.2, 0.25) is 5.88 Å². The van der Waals surface area contributed by atoms with Gasteiger partial charge in [-0.25, -0.2) is 5.84 Å². The fourth-order valence-corrected chi connectivity index (χ4v) is 1.14. The number of hydrogen-bond donors (Lipinski definition) is 2. The van der Waals surface area contributed by atoms with E-state index >= 15 is 0 Å². The first-order valence-electron chi connectivity index (χ1n) is 5.16. The lowest BCUT2D eigenvalue weighted by molar-refractivity contribution is -0.137. The van der Waals surface area contributed by atoms with Crippen molar-refractivity contribution in [3.05, 3.63) is 17.7 Å². The number of unbranched alkanes of at least 4 members (excludes halogenated alkanes) is 1. The number of nitrogens with zero attached hydrogens (tertiary/aromatic N) is 1. The predicted molar refractivity (Wildman–Crippen MR) is 57.5 cm³/mol. The highest BCUT2D eigenvalue weighted by molar-refractivity contribution is 5.41. The van der Waals surface area contributed by atoms with Crippen LogP contribution in [0.4, 0.5) is 19.0 Å². The van der Waals surface area contributed by atoms with Crippen LogP contribution in [0.1, 0.15) is 25.3 Å². The lowest BCUT2D eigenvalue weighted by Gasteiger charge is -2.11. The number of halogens is 3. The Hall–Kier alpha value is -1.50. The minimum Gasteiger partial charge on any atom is -0.478 e. The molecule has 4 nitrogen and oxygen atoms in total. The zero-order valence-corrected chi connectivity index (χ0v) is 9.34. The van der Waals surface area contributed by atoms with Crippen LogP contribution < -0.4 is 16.0 Å². The van der Waals surface area contributed by atoms with E-state index in [2.05, 4.69) is 10.4 Å². The van der Waals surface area contributed by atoms with Crippen molar-refractivity contribution in [1.29, 1.82) is 0 Å². The molecule has 0 fully saturated rings. The van der Waals surface area contributed by atoms with Crippen LogP contribution in [0.5, 0.6) is 5.88 Å². The fraction of sp³-hybridized carbons (Fsp3) is 0.500. The Morgan fingerprint density at radius 2 is 2.12 bits per heavy atom. The molecule has 0 atom stereocenters. The SMILES string of the molecule is CCCCOc1cc(C(F)(F)F)cc(NN)n1. The van der Waals surface area contributed by atoms with Crippen molar-refractivity contribution >= 4 is 5.82 Å². The van der Waals surface area contributed by atoms with Crippen molar-refractivity contribution < 1.29 is 17.9 Å². The van der Waals surface area contributed by atoms with Crippen molar-refractivity contribution in [2.45, 2.75) is 25.9 Å². The molecule has 0 amide bonds. The maximum Gasteiger partial charge on any atom is 0.416 e. The molecule has 0 aliphatic heterocycles. The summed E-state index contributed by atoms with van der Waals surface area (Å²) in [6.07, 6.45) is -2.80. The molecule has 0 radical (unpaired) electrons. The first kappa shape index (κ1) is 13.6. The van der Waals surface area contributed by atoms with Crippen LogP contribution in [0.3, 0.4) is 0 Å². The molecule has 0 saturated carbocycles. The van der Waals surface area contributed by atoms with E-state index in [1.165, 1.54) is 0 Å². The minimum atomic E-state index is -4.45. The fourth-order valence-electron chi connectivity index (χ4n) is 1.14. The van der Waals surface area contributed by atoms with Crippen LogP contribution >= 0.6 is 0 Å². The number of aromatic nitrogens is 1. The number of anilines is 1. The average molecular weight is 249 g/mol. The van der Waals surface area contributed by atoms with Crippen LogP contribution in [0.15, 0.2) is 12.1 Å². The Morgan fingerprint density at radius 3 is 2.65 bits per heavy atom. The van der Waals surface area contributed by atoms with Crippen LogP contribution in [0.25, 0.3) is 0 Å². The van der Waals surface area contributed by atoms with Crippen molar-refractivity contribution in [2.24, 2.45) is 5.84 Å².